The summed E-state index contributed by atoms with van der Waals surface area (Å²) in [5.74, 6) is -0.622. The number of methoxy groups -OCH3 is 1. The number of hydrogen-bond acceptors (Lipinski definition) is 6. The molecule has 1 aromatic rings. The minimum absolute atomic E-state index is 0.0387. The van der Waals surface area contributed by atoms with Gasteiger partial charge in [-0.05, 0) is 23.8 Å². The number of carbonyl (C=O) groups excluding carboxylic acids is 1. The minimum Gasteiger partial charge on any atom is -0.465 e. The Bertz CT molecular complexity index is 547. The molecule has 0 bridgehead atoms. The molecule has 0 amide bonds. The fourth-order valence-corrected chi connectivity index (χ4v) is 2.48. The lowest BCUT2D eigenvalue weighted by Crippen LogP contribution is -2.13. The van der Waals surface area contributed by atoms with Crippen LogP contribution in [0.5, 0.6) is 0 Å². The van der Waals surface area contributed by atoms with Crippen LogP contribution in [0.3, 0.4) is 0 Å². The van der Waals surface area contributed by atoms with Crippen LogP contribution in [0.4, 0.5) is 0 Å². The van der Waals surface area contributed by atoms with Crippen LogP contribution in [0.15, 0.2) is 23.1 Å². The normalized spacial score (nSPS) is 11.6. The van der Waals surface area contributed by atoms with Crippen LogP contribution in [0, 0.1) is 0 Å². The zero-order valence-electron chi connectivity index (χ0n) is 9.95. The fraction of sp³-hybridized carbons (Fsp3) is 0.364. The van der Waals surface area contributed by atoms with Gasteiger partial charge in [-0.25, -0.2) is 13.2 Å². The smallest absolute Gasteiger partial charge is 0.337 e. The van der Waals surface area contributed by atoms with Crippen molar-refractivity contribution in [1.29, 1.82) is 0 Å². The molecule has 0 spiro atoms. The topological polar surface area (TPSA) is 101 Å². The van der Waals surface area contributed by atoms with Crippen LogP contribution in [0.25, 0.3) is 0 Å². The maximum absolute atomic E-state index is 11.5. The van der Waals surface area contributed by atoms with Crippen LogP contribution in [-0.2, 0) is 21.0 Å². The number of benzene rings is 1. The van der Waals surface area contributed by atoms with Crippen LogP contribution >= 0.6 is 0 Å². The molecule has 7 heteroatoms. The number of rotatable bonds is 4. The van der Waals surface area contributed by atoms with Crippen molar-refractivity contribution in [2.45, 2.75) is 17.6 Å². The third-order valence-electron chi connectivity index (χ3n) is 2.28. The Balaban J connectivity index is 3.34. The second kappa shape index (κ2) is 5.47. The summed E-state index contributed by atoms with van der Waals surface area (Å²) < 4.78 is 27.5. The molecule has 0 saturated carbocycles. The van der Waals surface area contributed by atoms with Crippen LogP contribution in [0.1, 0.15) is 15.9 Å². The summed E-state index contributed by atoms with van der Waals surface area (Å²) in [4.78, 5) is 11.3. The van der Waals surface area contributed by atoms with Crippen molar-refractivity contribution in [2.75, 3.05) is 13.4 Å². The van der Waals surface area contributed by atoms with Gasteiger partial charge in [0.1, 0.15) is 0 Å². The van der Waals surface area contributed by atoms with Gasteiger partial charge in [-0.2, -0.15) is 0 Å². The average molecular weight is 274 g/mol. The molecule has 6 nitrogen and oxygen atoms in total. The predicted octanol–water partition coefficient (Wildman–Crippen LogP) is -0.270. The first-order valence-corrected chi connectivity index (χ1v) is 6.92. The van der Waals surface area contributed by atoms with E-state index in [4.69, 9.17) is 10.2 Å². The number of esters is 1. The molecule has 0 fully saturated rings. The van der Waals surface area contributed by atoms with E-state index in [2.05, 4.69) is 4.74 Å². The van der Waals surface area contributed by atoms with Crippen LogP contribution < -0.4 is 0 Å². The number of ether oxygens (including phenoxy) is 1. The van der Waals surface area contributed by atoms with E-state index in [9.17, 15) is 13.2 Å². The zero-order chi connectivity index (χ0) is 13.9. The van der Waals surface area contributed by atoms with Crippen molar-refractivity contribution >= 4 is 15.8 Å². The highest BCUT2D eigenvalue weighted by Gasteiger charge is 2.17. The second-order valence-electron chi connectivity index (χ2n) is 3.77. The van der Waals surface area contributed by atoms with Crippen molar-refractivity contribution < 1.29 is 28.2 Å². The number of sulfone groups is 1. The summed E-state index contributed by atoms with van der Waals surface area (Å²) in [5, 5.41) is 17.9. The van der Waals surface area contributed by atoms with E-state index in [-0.39, 0.29) is 22.4 Å². The fourth-order valence-electron chi connectivity index (χ4n) is 1.54. The van der Waals surface area contributed by atoms with Gasteiger partial charge in [-0.3, -0.25) is 0 Å². The lowest BCUT2D eigenvalue weighted by molar-refractivity contribution is -0.0385. The van der Waals surface area contributed by atoms with Gasteiger partial charge >= 0.3 is 5.97 Å². The summed E-state index contributed by atoms with van der Waals surface area (Å²) in [6.45, 7) is 0. The first-order valence-electron chi connectivity index (χ1n) is 5.03. The van der Waals surface area contributed by atoms with Crippen LogP contribution in [0.2, 0.25) is 0 Å². The highest BCUT2D eigenvalue weighted by Crippen LogP contribution is 2.19. The quantitative estimate of drug-likeness (QED) is 0.579. The molecular formula is C11H14O6S. The molecule has 0 aliphatic rings. The first-order chi connectivity index (χ1) is 8.25. The Morgan fingerprint density at radius 2 is 2.00 bits per heavy atom. The Hall–Kier alpha value is -1.44. The highest BCUT2D eigenvalue weighted by molar-refractivity contribution is 7.90. The maximum Gasteiger partial charge on any atom is 0.337 e. The number of aliphatic hydroxyl groups excluding tert-OH is 1. The molecule has 0 aromatic heterocycles. The largest absolute Gasteiger partial charge is 0.465 e. The Morgan fingerprint density at radius 3 is 2.44 bits per heavy atom. The zero-order valence-corrected chi connectivity index (χ0v) is 10.8. The van der Waals surface area contributed by atoms with Gasteiger partial charge in [-0.15, -0.1) is 0 Å². The maximum atomic E-state index is 11.5. The molecule has 0 heterocycles. The molecule has 0 radical (unpaired) electrons. The van der Waals surface area contributed by atoms with Gasteiger partial charge in [0.05, 0.1) is 17.6 Å². The number of carbonyl (C=O) groups is 1. The second-order valence-corrected chi connectivity index (χ2v) is 5.76. The van der Waals surface area contributed by atoms with Gasteiger partial charge in [0.2, 0.25) is 0 Å². The van der Waals surface area contributed by atoms with Crippen molar-refractivity contribution in [3.8, 4) is 0 Å². The van der Waals surface area contributed by atoms with Gasteiger partial charge < -0.3 is 14.9 Å². The van der Waals surface area contributed by atoms with Crippen molar-refractivity contribution in [3.63, 3.8) is 0 Å². The summed E-state index contributed by atoms with van der Waals surface area (Å²) in [6.07, 6.45) is -0.973. The molecule has 100 valence electrons. The minimum atomic E-state index is -3.50. The van der Waals surface area contributed by atoms with E-state index < -0.39 is 22.1 Å². The molecule has 18 heavy (non-hydrogen) atoms. The lowest BCUT2D eigenvalue weighted by Gasteiger charge is -2.10. The predicted molar refractivity (Wildman–Crippen MR) is 62.8 cm³/mol. The first kappa shape index (κ1) is 14.6. The van der Waals surface area contributed by atoms with Crippen LogP contribution in [-0.4, -0.2) is 44.3 Å². The van der Waals surface area contributed by atoms with E-state index in [1.807, 2.05) is 0 Å². The lowest BCUT2D eigenvalue weighted by atomic mass is 10.1. The van der Waals surface area contributed by atoms with Crippen molar-refractivity contribution in [3.05, 3.63) is 29.3 Å². The SMILES string of the molecule is COC(=O)c1ccc(S(C)(=O)=O)c(CC(O)O)c1. The van der Waals surface area contributed by atoms with Gasteiger partial charge in [0.15, 0.2) is 16.1 Å². The van der Waals surface area contributed by atoms with E-state index >= 15 is 0 Å². The molecule has 1 aromatic carbocycles. The Morgan fingerprint density at radius 1 is 1.39 bits per heavy atom. The summed E-state index contributed by atoms with van der Waals surface area (Å²) in [7, 11) is -2.30. The molecule has 2 N–H and O–H groups in total. The molecule has 1 rings (SSSR count). The van der Waals surface area contributed by atoms with Gasteiger partial charge in [-0.1, -0.05) is 0 Å². The molecular weight excluding hydrogens is 260 g/mol. The number of hydrogen-bond donors (Lipinski definition) is 2. The molecule has 0 aliphatic carbocycles. The van der Waals surface area contributed by atoms with E-state index in [0.29, 0.717) is 0 Å². The third-order valence-corrected chi connectivity index (χ3v) is 3.48. The molecule has 0 saturated heterocycles. The molecule has 0 atom stereocenters. The van der Waals surface area contributed by atoms with Crippen molar-refractivity contribution in [1.82, 2.24) is 0 Å². The number of aliphatic hydroxyl groups is 2. The van der Waals surface area contributed by atoms with Crippen molar-refractivity contribution in [2.24, 2.45) is 0 Å². The molecule has 0 aliphatic heterocycles. The van der Waals surface area contributed by atoms with E-state index in [0.717, 1.165) is 6.26 Å². The van der Waals surface area contributed by atoms with Gasteiger partial charge in [0.25, 0.3) is 0 Å². The third kappa shape index (κ3) is 3.52. The summed E-state index contributed by atoms with van der Waals surface area (Å²) in [6, 6.07) is 3.84. The molecule has 0 unspecified atom stereocenters. The van der Waals surface area contributed by atoms with Gasteiger partial charge in [0, 0.05) is 12.7 Å². The van der Waals surface area contributed by atoms with E-state index in [1.54, 1.807) is 0 Å². The summed E-state index contributed by atoms with van der Waals surface area (Å²) >= 11 is 0. The average Bonchev–Trinajstić information content (AvgIpc) is 2.25. The monoisotopic (exact) mass is 274 g/mol. The summed E-state index contributed by atoms with van der Waals surface area (Å²) in [5.41, 5.74) is 0.316. The Labute approximate surface area is 105 Å². The Kier molecular flexibility index (Phi) is 4.44. The van der Waals surface area contributed by atoms with E-state index in [1.165, 1.54) is 25.3 Å². The standard InChI is InChI=1S/C11H14O6S/c1-17-11(14)7-3-4-9(18(2,15)16)8(5-7)6-10(12)13/h3-5,10,12-13H,6H2,1-2H3. The highest BCUT2D eigenvalue weighted by atomic mass is 32.2.